The molecule has 0 radical (unpaired) electrons. The summed E-state index contributed by atoms with van der Waals surface area (Å²) >= 11 is 1.22. The lowest BCUT2D eigenvalue weighted by Crippen LogP contribution is -2.12. The Balaban J connectivity index is 1.56. The molecule has 1 aromatic heterocycles. The Morgan fingerprint density at radius 2 is 1.57 bits per heavy atom. The molecule has 0 bridgehead atoms. The Kier molecular flexibility index (Phi) is 5.10. The lowest BCUT2D eigenvalue weighted by atomic mass is 10.1. The van der Waals surface area contributed by atoms with Crippen LogP contribution >= 0.6 is 11.3 Å². The highest BCUT2D eigenvalue weighted by atomic mass is 32.2. The minimum absolute atomic E-state index is 0.145. The average molecular weight is 409 g/mol. The fourth-order valence-corrected chi connectivity index (χ4v) is 4.46. The molecule has 28 heavy (non-hydrogen) atoms. The van der Waals surface area contributed by atoms with E-state index in [0.717, 1.165) is 11.1 Å². The van der Waals surface area contributed by atoms with E-state index in [0.29, 0.717) is 16.6 Å². The number of hydrogen-bond acceptors (Lipinski definition) is 5. The summed E-state index contributed by atoms with van der Waals surface area (Å²) in [5.74, 6) is 1.25. The van der Waals surface area contributed by atoms with Crippen molar-refractivity contribution in [2.45, 2.75) is 4.90 Å². The maximum Gasteiger partial charge on any atom is 0.263 e. The highest BCUT2D eigenvalue weighted by Gasteiger charge is 2.15. The minimum Gasteiger partial charge on any atom is -0.457 e. The first-order chi connectivity index (χ1) is 13.6. The molecule has 1 N–H and O–H groups in total. The molecule has 0 unspecified atom stereocenters. The Morgan fingerprint density at radius 1 is 0.857 bits per heavy atom. The molecule has 0 spiro atoms. The topological polar surface area (TPSA) is 68.3 Å². The van der Waals surface area contributed by atoms with Crippen LogP contribution in [0.25, 0.3) is 11.1 Å². The van der Waals surface area contributed by atoms with Crippen LogP contribution in [-0.4, -0.2) is 13.4 Å². The van der Waals surface area contributed by atoms with E-state index in [2.05, 4.69) is 9.71 Å². The first-order valence-electron chi connectivity index (χ1n) is 8.46. The number of ether oxygens (including phenoxy) is 1. The van der Waals surface area contributed by atoms with Crippen LogP contribution < -0.4 is 9.46 Å². The van der Waals surface area contributed by atoms with Gasteiger partial charge in [0.1, 0.15) is 11.5 Å². The smallest absolute Gasteiger partial charge is 0.263 e. The molecule has 4 rings (SSSR count). The van der Waals surface area contributed by atoms with Gasteiger partial charge in [-0.25, -0.2) is 13.4 Å². The number of rotatable bonds is 6. The van der Waals surface area contributed by atoms with E-state index >= 15 is 0 Å². The average Bonchev–Trinajstić information content (AvgIpc) is 3.22. The van der Waals surface area contributed by atoms with Crippen molar-refractivity contribution in [1.82, 2.24) is 4.98 Å². The second-order valence-corrected chi connectivity index (χ2v) is 8.46. The second-order valence-electron chi connectivity index (χ2n) is 5.88. The molecule has 0 aliphatic rings. The van der Waals surface area contributed by atoms with E-state index in [1.165, 1.54) is 23.5 Å². The van der Waals surface area contributed by atoms with Crippen LogP contribution in [0.4, 0.5) is 5.13 Å². The van der Waals surface area contributed by atoms with E-state index < -0.39 is 10.0 Å². The SMILES string of the molecule is O=S(=O)(Nc1nccs1)c1ccc(Oc2ccccc2-c2ccccc2)cc1. The molecule has 4 aromatic rings. The first kappa shape index (κ1) is 18.2. The van der Waals surface area contributed by atoms with Crippen LogP contribution in [0.3, 0.4) is 0 Å². The molecule has 0 aliphatic heterocycles. The summed E-state index contributed by atoms with van der Waals surface area (Å²) in [5.41, 5.74) is 2.01. The molecule has 0 saturated carbocycles. The van der Waals surface area contributed by atoms with Crippen molar-refractivity contribution in [1.29, 1.82) is 0 Å². The van der Waals surface area contributed by atoms with Gasteiger partial charge in [-0.15, -0.1) is 11.3 Å². The molecule has 0 amide bonds. The number of sulfonamides is 1. The van der Waals surface area contributed by atoms with Gasteiger partial charge in [0.2, 0.25) is 0 Å². The normalized spacial score (nSPS) is 11.1. The Hall–Kier alpha value is -3.16. The number of benzene rings is 3. The van der Waals surface area contributed by atoms with Gasteiger partial charge in [-0.3, -0.25) is 4.72 Å². The zero-order chi connectivity index (χ0) is 19.4. The largest absolute Gasteiger partial charge is 0.457 e. The third-order valence-corrected chi connectivity index (χ3v) is 6.16. The standard InChI is InChI=1S/C21H16N2O3S2/c24-28(25,23-21-22-14-15-27-21)18-12-10-17(11-13-18)26-20-9-5-4-8-19(20)16-6-2-1-3-7-16/h1-15H,(H,22,23). The van der Waals surface area contributed by atoms with Crippen LogP contribution in [0.5, 0.6) is 11.5 Å². The third-order valence-electron chi connectivity index (χ3n) is 3.99. The molecule has 0 atom stereocenters. The fraction of sp³-hybridized carbons (Fsp3) is 0. The Morgan fingerprint density at radius 3 is 2.29 bits per heavy atom. The van der Waals surface area contributed by atoms with E-state index in [1.54, 1.807) is 23.7 Å². The predicted molar refractivity (Wildman–Crippen MR) is 111 cm³/mol. The van der Waals surface area contributed by atoms with Gasteiger partial charge < -0.3 is 4.74 Å². The fourth-order valence-electron chi connectivity index (χ4n) is 2.67. The number of hydrogen-bond donors (Lipinski definition) is 1. The van der Waals surface area contributed by atoms with Crippen molar-refractivity contribution in [3.8, 4) is 22.6 Å². The highest BCUT2D eigenvalue weighted by molar-refractivity contribution is 7.93. The molecule has 0 aliphatic carbocycles. The van der Waals surface area contributed by atoms with E-state index in [4.69, 9.17) is 4.74 Å². The lowest BCUT2D eigenvalue weighted by molar-refractivity contribution is 0.484. The van der Waals surface area contributed by atoms with Crippen LogP contribution in [0.2, 0.25) is 0 Å². The second kappa shape index (κ2) is 7.84. The van der Waals surface area contributed by atoms with E-state index in [-0.39, 0.29) is 4.90 Å². The summed E-state index contributed by atoms with van der Waals surface area (Å²) in [5, 5.41) is 2.04. The Labute approximate surface area is 167 Å². The number of anilines is 1. The van der Waals surface area contributed by atoms with Gasteiger partial charge in [-0.1, -0.05) is 48.5 Å². The number of aromatic nitrogens is 1. The molecule has 140 valence electrons. The Bertz CT molecular complexity index is 1160. The van der Waals surface area contributed by atoms with Crippen molar-refractivity contribution >= 4 is 26.5 Å². The molecule has 0 fully saturated rings. The van der Waals surface area contributed by atoms with Gasteiger partial charge in [-0.05, 0) is 35.9 Å². The van der Waals surface area contributed by atoms with Crippen LogP contribution in [-0.2, 0) is 10.0 Å². The molecule has 7 heteroatoms. The van der Waals surface area contributed by atoms with E-state index in [9.17, 15) is 8.42 Å². The summed E-state index contributed by atoms with van der Waals surface area (Å²) in [6, 6.07) is 24.0. The van der Waals surface area contributed by atoms with Crippen molar-refractivity contribution < 1.29 is 13.2 Å². The highest BCUT2D eigenvalue weighted by Crippen LogP contribution is 2.33. The van der Waals surface area contributed by atoms with Crippen LogP contribution in [0.15, 0.2) is 95.3 Å². The summed E-state index contributed by atoms with van der Waals surface area (Å²) in [4.78, 5) is 4.09. The van der Waals surface area contributed by atoms with Gasteiger partial charge in [0, 0.05) is 17.1 Å². The van der Waals surface area contributed by atoms with E-state index in [1.807, 2.05) is 54.6 Å². The maximum atomic E-state index is 12.4. The minimum atomic E-state index is -3.68. The molecule has 0 saturated heterocycles. The van der Waals surface area contributed by atoms with Gasteiger partial charge in [0.15, 0.2) is 5.13 Å². The van der Waals surface area contributed by atoms with Gasteiger partial charge >= 0.3 is 0 Å². The first-order valence-corrected chi connectivity index (χ1v) is 10.8. The molecule has 5 nitrogen and oxygen atoms in total. The summed E-state index contributed by atoms with van der Waals surface area (Å²) < 4.78 is 33.3. The summed E-state index contributed by atoms with van der Waals surface area (Å²) in [6.45, 7) is 0. The molecule has 1 heterocycles. The third kappa shape index (κ3) is 4.05. The molecular formula is C21H16N2O3S2. The van der Waals surface area contributed by atoms with Crippen LogP contribution in [0, 0.1) is 0 Å². The summed E-state index contributed by atoms with van der Waals surface area (Å²) in [6.07, 6.45) is 1.55. The van der Waals surface area contributed by atoms with Gasteiger partial charge in [0.05, 0.1) is 4.90 Å². The van der Waals surface area contributed by atoms with Crippen molar-refractivity contribution in [2.75, 3.05) is 4.72 Å². The molecular weight excluding hydrogens is 392 g/mol. The van der Waals surface area contributed by atoms with Crippen LogP contribution in [0.1, 0.15) is 0 Å². The van der Waals surface area contributed by atoms with Crippen molar-refractivity contribution in [3.05, 3.63) is 90.4 Å². The predicted octanol–water partition coefficient (Wildman–Crippen LogP) is 5.40. The van der Waals surface area contributed by atoms with Gasteiger partial charge in [0.25, 0.3) is 10.0 Å². The quantitative estimate of drug-likeness (QED) is 0.464. The van der Waals surface area contributed by atoms with Crippen molar-refractivity contribution in [2.24, 2.45) is 0 Å². The maximum absolute atomic E-state index is 12.4. The zero-order valence-corrected chi connectivity index (χ0v) is 16.3. The lowest BCUT2D eigenvalue weighted by Gasteiger charge is -2.12. The zero-order valence-electron chi connectivity index (χ0n) is 14.6. The summed E-state index contributed by atoms with van der Waals surface area (Å²) in [7, 11) is -3.68. The number of thiazole rings is 1. The van der Waals surface area contributed by atoms with Crippen molar-refractivity contribution in [3.63, 3.8) is 0 Å². The number of nitrogens with one attached hydrogen (secondary N) is 1. The monoisotopic (exact) mass is 408 g/mol. The van der Waals surface area contributed by atoms with Gasteiger partial charge in [-0.2, -0.15) is 0 Å². The number of nitrogens with zero attached hydrogens (tertiary/aromatic N) is 1. The number of para-hydroxylation sites is 1. The molecule has 3 aromatic carbocycles.